The minimum atomic E-state index is -4.08. The molecule has 106 valence electrons. The molecule has 18 heavy (non-hydrogen) atoms. The first kappa shape index (κ1) is 15.8. The number of piperidine rings is 1. The van der Waals surface area contributed by atoms with Crippen molar-refractivity contribution in [3.05, 3.63) is 0 Å². The van der Waals surface area contributed by atoms with E-state index in [1.807, 2.05) is 6.21 Å². The summed E-state index contributed by atoms with van der Waals surface area (Å²) in [4.78, 5) is 1.47. The van der Waals surface area contributed by atoms with E-state index in [2.05, 4.69) is 25.2 Å². The fourth-order valence-electron chi connectivity index (χ4n) is 1.79. The van der Waals surface area contributed by atoms with Crippen LogP contribution in [0.4, 0.5) is 13.2 Å². The number of nitrogens with zero attached hydrogens (tertiary/aromatic N) is 2. The first-order valence-corrected chi connectivity index (χ1v) is 6.94. The van der Waals surface area contributed by atoms with Crippen molar-refractivity contribution >= 4 is 18.2 Å². The number of hydrogen-bond acceptors (Lipinski definition) is 3. The van der Waals surface area contributed by atoms with Crippen LogP contribution in [-0.2, 0) is 0 Å². The van der Waals surface area contributed by atoms with E-state index in [9.17, 15) is 13.2 Å². The van der Waals surface area contributed by atoms with Crippen molar-refractivity contribution in [3.63, 3.8) is 0 Å². The molecule has 1 aliphatic heterocycles. The minimum Gasteiger partial charge on any atom is -0.295 e. The summed E-state index contributed by atoms with van der Waals surface area (Å²) in [7, 11) is 0. The molecule has 0 spiro atoms. The van der Waals surface area contributed by atoms with Gasteiger partial charge in [0.25, 0.3) is 0 Å². The molecule has 0 aromatic carbocycles. The molecule has 1 heterocycles. The highest BCUT2D eigenvalue weighted by Gasteiger charge is 2.32. The Kier molecular flexibility index (Phi) is 5.52. The Bertz CT molecular complexity index is 276. The highest BCUT2D eigenvalue weighted by atomic mass is 32.2. The zero-order valence-electron chi connectivity index (χ0n) is 11.1. The Morgan fingerprint density at radius 1 is 1.22 bits per heavy atom. The van der Waals surface area contributed by atoms with E-state index in [4.69, 9.17) is 0 Å². The van der Waals surface area contributed by atoms with Crippen molar-refractivity contribution in [2.24, 2.45) is 10.3 Å². The molecule has 0 aliphatic carbocycles. The van der Waals surface area contributed by atoms with Gasteiger partial charge in [-0.3, -0.25) is 4.90 Å². The van der Waals surface area contributed by atoms with Gasteiger partial charge in [-0.2, -0.15) is 13.2 Å². The molecule has 1 fully saturated rings. The van der Waals surface area contributed by atoms with Gasteiger partial charge in [0, 0.05) is 11.0 Å². The second-order valence-corrected chi connectivity index (χ2v) is 7.31. The van der Waals surface area contributed by atoms with Gasteiger partial charge in [0.15, 0.2) is 0 Å². The van der Waals surface area contributed by atoms with Crippen molar-refractivity contribution in [2.75, 3.05) is 19.6 Å². The highest BCUT2D eigenvalue weighted by Crippen LogP contribution is 2.25. The van der Waals surface area contributed by atoms with Gasteiger partial charge >= 0.3 is 6.18 Å². The molecule has 1 aliphatic rings. The lowest BCUT2D eigenvalue weighted by atomic mass is 9.98. The van der Waals surface area contributed by atoms with Crippen LogP contribution in [0.15, 0.2) is 4.40 Å². The molecule has 2 nitrogen and oxygen atoms in total. The number of halogens is 3. The number of likely N-dealkylation sites (tertiary alicyclic amines) is 1. The van der Waals surface area contributed by atoms with Crippen LogP contribution in [-0.4, -0.2) is 41.7 Å². The number of rotatable bonds is 3. The number of alkyl halides is 3. The van der Waals surface area contributed by atoms with Crippen LogP contribution >= 0.6 is 11.9 Å². The molecule has 0 amide bonds. The summed E-state index contributed by atoms with van der Waals surface area (Å²) in [6, 6.07) is 0. The summed E-state index contributed by atoms with van der Waals surface area (Å²) in [5.41, 5.74) is 0. The average Bonchev–Trinajstić information content (AvgIpc) is 2.16. The van der Waals surface area contributed by atoms with Crippen LogP contribution in [0.3, 0.4) is 0 Å². The molecule has 0 atom stereocenters. The van der Waals surface area contributed by atoms with Crippen molar-refractivity contribution in [3.8, 4) is 0 Å². The maximum absolute atomic E-state index is 12.2. The van der Waals surface area contributed by atoms with E-state index in [0.717, 1.165) is 12.8 Å². The molecule has 0 unspecified atom stereocenters. The lowest BCUT2D eigenvalue weighted by Crippen LogP contribution is -2.40. The first-order chi connectivity index (χ1) is 8.16. The molecular formula is C12H21F3N2S. The molecule has 0 aromatic rings. The van der Waals surface area contributed by atoms with Gasteiger partial charge in [-0.05, 0) is 64.6 Å². The summed E-state index contributed by atoms with van der Waals surface area (Å²) < 4.78 is 41.0. The van der Waals surface area contributed by atoms with Crippen molar-refractivity contribution in [1.82, 2.24) is 4.90 Å². The topological polar surface area (TPSA) is 15.6 Å². The lowest BCUT2D eigenvalue weighted by Gasteiger charge is -2.30. The maximum Gasteiger partial charge on any atom is 0.401 e. The monoisotopic (exact) mass is 282 g/mol. The fraction of sp³-hybridized carbons (Fsp3) is 0.917. The largest absolute Gasteiger partial charge is 0.401 e. The quantitative estimate of drug-likeness (QED) is 0.578. The molecule has 1 rings (SSSR count). The lowest BCUT2D eigenvalue weighted by molar-refractivity contribution is -0.148. The standard InChI is InChI=1S/C12H21F3N2S/c1-11(2,3)18-16-8-10-4-6-17(7-5-10)9-12(13,14)15/h8,10H,4-7,9H2,1-3H3. The van der Waals surface area contributed by atoms with E-state index in [-0.39, 0.29) is 4.75 Å². The third kappa shape index (κ3) is 7.26. The van der Waals surface area contributed by atoms with Gasteiger partial charge in [-0.1, -0.05) is 0 Å². The van der Waals surface area contributed by atoms with Gasteiger partial charge in [-0.15, -0.1) is 0 Å². The first-order valence-electron chi connectivity index (χ1n) is 6.16. The van der Waals surface area contributed by atoms with Crippen LogP contribution in [0.25, 0.3) is 0 Å². The van der Waals surface area contributed by atoms with Crippen LogP contribution in [0.5, 0.6) is 0 Å². The molecular weight excluding hydrogens is 261 g/mol. The zero-order chi connectivity index (χ0) is 13.8. The van der Waals surface area contributed by atoms with Gasteiger partial charge in [-0.25, -0.2) is 4.40 Å². The summed E-state index contributed by atoms with van der Waals surface area (Å²) in [5.74, 6) is 0.323. The van der Waals surface area contributed by atoms with Crippen LogP contribution in [0.2, 0.25) is 0 Å². The van der Waals surface area contributed by atoms with Crippen LogP contribution < -0.4 is 0 Å². The normalized spacial score (nSPS) is 20.8. The van der Waals surface area contributed by atoms with Gasteiger partial charge in [0.2, 0.25) is 0 Å². The average molecular weight is 282 g/mol. The Morgan fingerprint density at radius 2 is 1.78 bits per heavy atom. The van der Waals surface area contributed by atoms with Gasteiger partial charge in [0.05, 0.1) is 6.54 Å². The second kappa shape index (κ2) is 6.28. The Hall–Kier alpha value is -0.230. The number of hydrogen-bond donors (Lipinski definition) is 0. The zero-order valence-corrected chi connectivity index (χ0v) is 11.9. The van der Waals surface area contributed by atoms with E-state index < -0.39 is 12.7 Å². The van der Waals surface area contributed by atoms with Crippen LogP contribution in [0, 0.1) is 5.92 Å². The summed E-state index contributed by atoms with van der Waals surface area (Å²) in [6.07, 6.45) is -0.640. The van der Waals surface area contributed by atoms with E-state index in [1.165, 1.54) is 16.8 Å². The summed E-state index contributed by atoms with van der Waals surface area (Å²) >= 11 is 1.51. The molecule has 0 N–H and O–H groups in total. The summed E-state index contributed by atoms with van der Waals surface area (Å²) in [6.45, 7) is 6.49. The fourth-order valence-corrected chi connectivity index (χ4v) is 2.34. The van der Waals surface area contributed by atoms with Crippen molar-refractivity contribution < 1.29 is 13.2 Å². The third-order valence-corrected chi connectivity index (χ3v) is 3.41. The molecule has 0 saturated carbocycles. The Labute approximate surface area is 111 Å². The molecule has 6 heteroatoms. The predicted molar refractivity (Wildman–Crippen MR) is 71.1 cm³/mol. The van der Waals surface area contributed by atoms with Crippen molar-refractivity contribution in [1.29, 1.82) is 0 Å². The van der Waals surface area contributed by atoms with E-state index in [1.54, 1.807) is 0 Å². The smallest absolute Gasteiger partial charge is 0.295 e. The third-order valence-electron chi connectivity index (χ3n) is 2.63. The molecule has 0 aromatic heterocycles. The minimum absolute atomic E-state index is 0.0908. The van der Waals surface area contributed by atoms with Gasteiger partial charge < -0.3 is 0 Å². The predicted octanol–water partition coefficient (Wildman–Crippen LogP) is 3.78. The molecule has 0 radical (unpaired) electrons. The van der Waals surface area contributed by atoms with Crippen LogP contribution in [0.1, 0.15) is 33.6 Å². The maximum atomic E-state index is 12.2. The highest BCUT2D eigenvalue weighted by molar-refractivity contribution is 7.99. The Balaban J connectivity index is 2.27. The molecule has 1 saturated heterocycles. The van der Waals surface area contributed by atoms with E-state index >= 15 is 0 Å². The SMILES string of the molecule is CC(C)(C)SN=CC1CCN(CC(F)(F)F)CC1. The van der Waals surface area contributed by atoms with Gasteiger partial charge in [0.1, 0.15) is 0 Å². The molecule has 0 bridgehead atoms. The van der Waals surface area contributed by atoms with Crippen molar-refractivity contribution in [2.45, 2.75) is 44.5 Å². The van der Waals surface area contributed by atoms with E-state index in [0.29, 0.717) is 19.0 Å². The Morgan fingerprint density at radius 3 is 2.22 bits per heavy atom. The summed E-state index contributed by atoms with van der Waals surface area (Å²) in [5, 5.41) is 0. The second-order valence-electron chi connectivity index (χ2n) is 5.69.